The number of rotatable bonds is 8. The van der Waals surface area contributed by atoms with E-state index < -0.39 is 0 Å². The molecule has 2 heterocycles. The van der Waals surface area contributed by atoms with Gasteiger partial charge in [-0.15, -0.1) is 24.8 Å². The maximum absolute atomic E-state index is 6.33. The van der Waals surface area contributed by atoms with Crippen LogP contribution in [0, 0.1) is 6.92 Å². The summed E-state index contributed by atoms with van der Waals surface area (Å²) in [5.41, 5.74) is 7.11. The summed E-state index contributed by atoms with van der Waals surface area (Å²) < 4.78 is 8.10. The van der Waals surface area contributed by atoms with Crippen molar-refractivity contribution in [2.24, 2.45) is 0 Å². The standard InChI is InChI=1S/C28H28ClN5O.2ClH/c1-19-13-26(28-30-24-11-9-21(16-33(2)3)14-25(24)31-28)32-34(19)17-22-15-23(29)10-12-27(22)35-18-20-7-5-4-6-8-20;;/h4-15H,16-18H2,1-3H3,(H,30,31);2*1H. The van der Waals surface area contributed by atoms with Crippen LogP contribution in [0.1, 0.15) is 22.4 Å². The van der Waals surface area contributed by atoms with Crippen molar-refractivity contribution in [1.82, 2.24) is 24.6 Å². The van der Waals surface area contributed by atoms with Crippen LogP contribution in [-0.4, -0.2) is 38.7 Å². The van der Waals surface area contributed by atoms with Crippen LogP contribution < -0.4 is 4.74 Å². The number of nitrogens with zero attached hydrogens (tertiary/aromatic N) is 4. The summed E-state index contributed by atoms with van der Waals surface area (Å²) >= 11 is 6.33. The minimum atomic E-state index is 0. The molecule has 0 bridgehead atoms. The fourth-order valence-corrected chi connectivity index (χ4v) is 4.33. The van der Waals surface area contributed by atoms with Crippen molar-refractivity contribution < 1.29 is 4.74 Å². The van der Waals surface area contributed by atoms with Crippen molar-refractivity contribution in [3.05, 3.63) is 100 Å². The highest BCUT2D eigenvalue weighted by Gasteiger charge is 2.14. The van der Waals surface area contributed by atoms with E-state index in [9.17, 15) is 0 Å². The molecule has 6 nitrogen and oxygen atoms in total. The summed E-state index contributed by atoms with van der Waals surface area (Å²) in [6.45, 7) is 3.97. The van der Waals surface area contributed by atoms with Gasteiger partial charge in [0.15, 0.2) is 5.82 Å². The predicted octanol–water partition coefficient (Wildman–Crippen LogP) is 6.92. The Morgan fingerprint density at radius 3 is 2.49 bits per heavy atom. The van der Waals surface area contributed by atoms with E-state index in [4.69, 9.17) is 26.4 Å². The lowest BCUT2D eigenvalue weighted by Crippen LogP contribution is -2.10. The molecular formula is C28H30Cl3N5O. The molecule has 37 heavy (non-hydrogen) atoms. The average Bonchev–Trinajstić information content (AvgIpc) is 3.42. The Labute approximate surface area is 234 Å². The fourth-order valence-electron chi connectivity index (χ4n) is 4.14. The Bertz CT molecular complexity index is 1460. The number of fused-ring (bicyclic) bond motifs is 1. The molecule has 0 radical (unpaired) electrons. The zero-order valence-corrected chi connectivity index (χ0v) is 23.3. The lowest BCUT2D eigenvalue weighted by molar-refractivity contribution is 0.302. The molecule has 1 N–H and O–H groups in total. The molecule has 0 saturated carbocycles. The molecule has 5 aromatic rings. The van der Waals surface area contributed by atoms with Gasteiger partial charge >= 0.3 is 0 Å². The smallest absolute Gasteiger partial charge is 0.159 e. The lowest BCUT2D eigenvalue weighted by atomic mass is 10.2. The van der Waals surface area contributed by atoms with E-state index in [-0.39, 0.29) is 24.8 Å². The number of aryl methyl sites for hydroxylation is 1. The number of ether oxygens (including phenoxy) is 1. The van der Waals surface area contributed by atoms with E-state index in [1.165, 1.54) is 5.56 Å². The molecule has 0 spiro atoms. The normalized spacial score (nSPS) is 10.8. The Balaban J connectivity index is 0.00000190. The fraction of sp³-hybridized carbons (Fsp3) is 0.214. The maximum atomic E-state index is 6.33. The number of hydrogen-bond donors (Lipinski definition) is 1. The van der Waals surface area contributed by atoms with Crippen LogP contribution in [0.25, 0.3) is 22.6 Å². The first-order valence-electron chi connectivity index (χ1n) is 11.6. The number of H-pyrrole nitrogens is 1. The number of benzene rings is 3. The summed E-state index contributed by atoms with van der Waals surface area (Å²) in [5.74, 6) is 1.56. The van der Waals surface area contributed by atoms with Crippen LogP contribution in [0.2, 0.25) is 5.02 Å². The number of imidazole rings is 1. The second-order valence-electron chi connectivity index (χ2n) is 9.03. The third kappa shape index (κ3) is 6.84. The molecule has 3 aromatic carbocycles. The SMILES string of the molecule is Cc1cc(-c2nc3ccc(CN(C)C)cc3[nH]2)nn1Cc1cc(Cl)ccc1OCc1ccccc1.Cl.Cl. The van der Waals surface area contributed by atoms with Gasteiger partial charge in [-0.25, -0.2) is 4.98 Å². The van der Waals surface area contributed by atoms with Gasteiger partial charge in [-0.3, -0.25) is 4.68 Å². The van der Waals surface area contributed by atoms with E-state index in [1.807, 2.05) is 54.1 Å². The monoisotopic (exact) mass is 557 g/mol. The molecule has 2 aromatic heterocycles. The minimum Gasteiger partial charge on any atom is -0.489 e. The molecule has 0 atom stereocenters. The quantitative estimate of drug-likeness (QED) is 0.225. The van der Waals surface area contributed by atoms with Crippen molar-refractivity contribution in [3.63, 3.8) is 0 Å². The second-order valence-corrected chi connectivity index (χ2v) is 9.47. The summed E-state index contributed by atoms with van der Waals surface area (Å²) in [6.07, 6.45) is 0. The maximum Gasteiger partial charge on any atom is 0.159 e. The van der Waals surface area contributed by atoms with Crippen LogP contribution in [-0.2, 0) is 19.7 Å². The number of hydrogen-bond acceptors (Lipinski definition) is 4. The van der Waals surface area contributed by atoms with Gasteiger partial charge in [-0.1, -0.05) is 48.0 Å². The molecule has 9 heteroatoms. The van der Waals surface area contributed by atoms with Crippen LogP contribution in [0.4, 0.5) is 0 Å². The molecule has 5 rings (SSSR count). The largest absolute Gasteiger partial charge is 0.489 e. The van der Waals surface area contributed by atoms with Crippen molar-refractivity contribution in [3.8, 4) is 17.3 Å². The first-order chi connectivity index (χ1) is 16.9. The zero-order chi connectivity index (χ0) is 24.4. The Morgan fingerprint density at radius 2 is 1.73 bits per heavy atom. The van der Waals surface area contributed by atoms with Gasteiger partial charge in [-0.2, -0.15) is 5.10 Å². The molecule has 0 unspecified atom stereocenters. The summed E-state index contributed by atoms with van der Waals surface area (Å²) in [5, 5.41) is 5.52. The zero-order valence-electron chi connectivity index (χ0n) is 20.9. The van der Waals surface area contributed by atoms with Crippen LogP contribution in [0.3, 0.4) is 0 Å². The summed E-state index contributed by atoms with van der Waals surface area (Å²) in [4.78, 5) is 10.4. The van der Waals surface area contributed by atoms with E-state index in [1.54, 1.807) is 0 Å². The van der Waals surface area contributed by atoms with Crippen molar-refractivity contribution >= 4 is 47.4 Å². The lowest BCUT2D eigenvalue weighted by Gasteiger charge is -2.13. The molecule has 0 amide bonds. The number of aromatic amines is 1. The Morgan fingerprint density at radius 1 is 0.946 bits per heavy atom. The number of nitrogens with one attached hydrogen (secondary N) is 1. The van der Waals surface area contributed by atoms with Crippen LogP contribution >= 0.6 is 36.4 Å². The van der Waals surface area contributed by atoms with Crippen molar-refractivity contribution in [2.45, 2.75) is 26.6 Å². The Kier molecular flexibility index (Phi) is 9.62. The predicted molar refractivity (Wildman–Crippen MR) is 155 cm³/mol. The highest BCUT2D eigenvalue weighted by atomic mass is 35.5. The first kappa shape index (κ1) is 28.5. The van der Waals surface area contributed by atoms with Gasteiger partial charge in [0.2, 0.25) is 0 Å². The molecule has 0 fully saturated rings. The van der Waals surface area contributed by atoms with Gasteiger partial charge in [0.1, 0.15) is 18.1 Å². The highest BCUT2D eigenvalue weighted by molar-refractivity contribution is 6.30. The number of aromatic nitrogens is 4. The molecule has 0 aliphatic rings. The van der Waals surface area contributed by atoms with Gasteiger partial charge < -0.3 is 14.6 Å². The molecular weight excluding hydrogens is 529 g/mol. The van der Waals surface area contributed by atoms with Gasteiger partial charge in [-0.05, 0) is 68.5 Å². The molecule has 0 aliphatic carbocycles. The summed E-state index contributed by atoms with van der Waals surface area (Å²) in [6, 6.07) is 24.2. The molecule has 0 saturated heterocycles. The third-order valence-corrected chi connectivity index (χ3v) is 6.08. The third-order valence-electron chi connectivity index (χ3n) is 5.85. The van der Waals surface area contributed by atoms with Gasteiger partial charge in [0.25, 0.3) is 0 Å². The van der Waals surface area contributed by atoms with Crippen LogP contribution in [0.5, 0.6) is 5.75 Å². The van der Waals surface area contributed by atoms with E-state index in [0.29, 0.717) is 18.2 Å². The first-order valence-corrected chi connectivity index (χ1v) is 12.0. The van der Waals surface area contributed by atoms with E-state index in [2.05, 4.69) is 54.3 Å². The van der Waals surface area contributed by atoms with Crippen LogP contribution in [0.15, 0.2) is 72.8 Å². The molecule has 0 aliphatic heterocycles. The minimum absolute atomic E-state index is 0. The van der Waals surface area contributed by atoms with Crippen molar-refractivity contribution in [2.75, 3.05) is 14.1 Å². The van der Waals surface area contributed by atoms with E-state index in [0.717, 1.165) is 51.7 Å². The van der Waals surface area contributed by atoms with Gasteiger partial charge in [0.05, 0.1) is 17.6 Å². The van der Waals surface area contributed by atoms with Gasteiger partial charge in [0, 0.05) is 22.8 Å². The Hall–Kier alpha value is -3.03. The average molecular weight is 559 g/mol. The van der Waals surface area contributed by atoms with E-state index >= 15 is 0 Å². The highest BCUT2D eigenvalue weighted by Crippen LogP contribution is 2.27. The second kappa shape index (κ2) is 12.5. The molecule has 194 valence electrons. The summed E-state index contributed by atoms with van der Waals surface area (Å²) in [7, 11) is 4.13. The topological polar surface area (TPSA) is 59.0 Å². The van der Waals surface area contributed by atoms with Crippen molar-refractivity contribution in [1.29, 1.82) is 0 Å². The number of halogens is 3.